The van der Waals surface area contributed by atoms with Gasteiger partial charge in [0.25, 0.3) is 0 Å². The summed E-state index contributed by atoms with van der Waals surface area (Å²) in [7, 11) is 1.84. The van der Waals surface area contributed by atoms with Gasteiger partial charge in [0.1, 0.15) is 6.61 Å². The molecule has 1 saturated carbocycles. The minimum absolute atomic E-state index is 0.0845. The van der Waals surface area contributed by atoms with Gasteiger partial charge in [-0.3, -0.25) is 4.79 Å². The molecule has 1 N–H and O–H groups in total. The predicted molar refractivity (Wildman–Crippen MR) is 78.2 cm³/mol. The van der Waals surface area contributed by atoms with Gasteiger partial charge in [0, 0.05) is 19.1 Å². The molecule has 0 unspecified atom stereocenters. The van der Waals surface area contributed by atoms with Crippen molar-refractivity contribution in [2.75, 3.05) is 20.2 Å². The third kappa shape index (κ3) is 5.91. The van der Waals surface area contributed by atoms with E-state index in [4.69, 9.17) is 4.74 Å². The summed E-state index contributed by atoms with van der Waals surface area (Å²) in [5.41, 5.74) is 0. The van der Waals surface area contributed by atoms with E-state index >= 15 is 0 Å². The highest BCUT2D eigenvalue weighted by Crippen LogP contribution is 2.21. The Balaban J connectivity index is 2.17. The lowest BCUT2D eigenvalue weighted by atomic mass is 9.93. The first kappa shape index (κ1) is 16.4. The molecular weight excluding hydrogens is 240 g/mol. The van der Waals surface area contributed by atoms with Crippen molar-refractivity contribution in [1.82, 2.24) is 10.2 Å². The molecule has 0 radical (unpaired) electrons. The number of hydrogen-bond donors (Lipinski definition) is 1. The van der Waals surface area contributed by atoms with E-state index in [0.29, 0.717) is 6.04 Å². The van der Waals surface area contributed by atoms with E-state index in [0.717, 1.165) is 19.4 Å². The average Bonchev–Trinajstić information content (AvgIpc) is 2.42. The summed E-state index contributed by atoms with van der Waals surface area (Å²) in [6.07, 6.45) is 5.92. The van der Waals surface area contributed by atoms with Crippen LogP contribution in [0.3, 0.4) is 0 Å². The highest BCUT2D eigenvalue weighted by atomic mass is 16.5. The molecule has 0 bridgehead atoms. The zero-order valence-electron chi connectivity index (χ0n) is 12.9. The Morgan fingerprint density at radius 3 is 2.47 bits per heavy atom. The topological polar surface area (TPSA) is 41.6 Å². The van der Waals surface area contributed by atoms with Crippen molar-refractivity contribution < 1.29 is 9.53 Å². The van der Waals surface area contributed by atoms with Crippen molar-refractivity contribution in [1.29, 1.82) is 0 Å². The van der Waals surface area contributed by atoms with Crippen LogP contribution in [0, 0.1) is 0 Å². The van der Waals surface area contributed by atoms with Crippen molar-refractivity contribution in [3.8, 4) is 0 Å². The number of hydrogen-bond acceptors (Lipinski definition) is 3. The number of amides is 1. The summed E-state index contributed by atoms with van der Waals surface area (Å²) in [6, 6.07) is 0.888. The highest BCUT2D eigenvalue weighted by Gasteiger charge is 2.22. The van der Waals surface area contributed by atoms with E-state index in [1.807, 2.05) is 20.9 Å². The second-order valence-electron chi connectivity index (χ2n) is 5.84. The molecular formula is C15H30N2O2. The lowest BCUT2D eigenvalue weighted by molar-refractivity contribution is -0.139. The zero-order chi connectivity index (χ0) is 14.3. The predicted octanol–water partition coefficient (Wildman–Crippen LogP) is 2.18. The molecule has 0 aromatic carbocycles. The van der Waals surface area contributed by atoms with Gasteiger partial charge >= 0.3 is 0 Å². The molecule has 0 saturated heterocycles. The number of likely N-dealkylation sites (N-methyl/N-ethyl adjacent to an activating group) is 1. The van der Waals surface area contributed by atoms with E-state index in [9.17, 15) is 4.79 Å². The monoisotopic (exact) mass is 270 g/mol. The van der Waals surface area contributed by atoms with E-state index in [1.165, 1.54) is 19.3 Å². The van der Waals surface area contributed by atoms with E-state index < -0.39 is 0 Å². The first-order chi connectivity index (χ1) is 9.04. The summed E-state index contributed by atoms with van der Waals surface area (Å²) in [4.78, 5) is 13.6. The maximum atomic E-state index is 11.8. The number of nitrogens with zero attached hydrogens (tertiary/aromatic N) is 1. The van der Waals surface area contributed by atoms with Gasteiger partial charge in [0.05, 0.1) is 6.10 Å². The molecule has 0 atom stereocenters. The molecule has 0 aliphatic heterocycles. The van der Waals surface area contributed by atoms with Crippen LogP contribution >= 0.6 is 0 Å². The van der Waals surface area contributed by atoms with Crippen molar-refractivity contribution in [2.45, 2.75) is 71.1 Å². The van der Waals surface area contributed by atoms with E-state index in [-0.39, 0.29) is 24.7 Å². The second-order valence-corrected chi connectivity index (χ2v) is 5.84. The summed E-state index contributed by atoms with van der Waals surface area (Å²) in [5.74, 6) is 0.0845. The minimum Gasteiger partial charge on any atom is -0.368 e. The van der Waals surface area contributed by atoms with Crippen molar-refractivity contribution in [3.05, 3.63) is 0 Å². The fourth-order valence-corrected chi connectivity index (χ4v) is 2.36. The quantitative estimate of drug-likeness (QED) is 0.771. The Labute approximate surface area is 117 Å². The van der Waals surface area contributed by atoms with Crippen molar-refractivity contribution in [3.63, 3.8) is 0 Å². The van der Waals surface area contributed by atoms with Crippen LogP contribution < -0.4 is 5.32 Å². The fraction of sp³-hybridized carbons (Fsp3) is 0.933. The third-order valence-corrected chi connectivity index (χ3v) is 3.97. The van der Waals surface area contributed by atoms with Crippen LogP contribution in [-0.2, 0) is 9.53 Å². The Bertz CT molecular complexity index is 261. The number of ether oxygens (including phenoxy) is 1. The van der Waals surface area contributed by atoms with Crippen molar-refractivity contribution >= 4 is 5.91 Å². The molecule has 0 aromatic rings. The summed E-state index contributed by atoms with van der Waals surface area (Å²) in [6.45, 7) is 7.56. The van der Waals surface area contributed by atoms with Gasteiger partial charge in [-0.1, -0.05) is 6.92 Å². The van der Waals surface area contributed by atoms with Crippen LogP contribution in [-0.4, -0.2) is 49.2 Å². The van der Waals surface area contributed by atoms with Gasteiger partial charge in [0.2, 0.25) is 5.91 Å². The van der Waals surface area contributed by atoms with Gasteiger partial charge < -0.3 is 15.0 Å². The number of carbonyl (C=O) groups is 1. The van der Waals surface area contributed by atoms with Gasteiger partial charge in [-0.05, 0) is 52.5 Å². The molecule has 1 aliphatic carbocycles. The van der Waals surface area contributed by atoms with Gasteiger partial charge in [0.15, 0.2) is 0 Å². The molecule has 1 rings (SSSR count). The van der Waals surface area contributed by atoms with Gasteiger partial charge in [-0.2, -0.15) is 0 Å². The zero-order valence-corrected chi connectivity index (χ0v) is 12.9. The molecule has 19 heavy (non-hydrogen) atoms. The minimum atomic E-state index is 0.0845. The average molecular weight is 270 g/mol. The molecule has 0 spiro atoms. The van der Waals surface area contributed by atoms with Gasteiger partial charge in [-0.15, -0.1) is 0 Å². The highest BCUT2D eigenvalue weighted by molar-refractivity contribution is 5.77. The molecule has 1 aliphatic rings. The number of nitrogens with one attached hydrogen (secondary N) is 1. The van der Waals surface area contributed by atoms with Crippen LogP contribution in [0.25, 0.3) is 0 Å². The molecule has 1 fully saturated rings. The first-order valence-electron chi connectivity index (χ1n) is 7.65. The van der Waals surface area contributed by atoms with Crippen molar-refractivity contribution in [2.24, 2.45) is 0 Å². The van der Waals surface area contributed by atoms with Crippen LogP contribution in [0.1, 0.15) is 52.9 Å². The molecule has 0 aromatic heterocycles. The Hall–Kier alpha value is -0.610. The smallest absolute Gasteiger partial charge is 0.248 e. The third-order valence-electron chi connectivity index (χ3n) is 3.97. The van der Waals surface area contributed by atoms with Crippen LogP contribution in [0.2, 0.25) is 0 Å². The van der Waals surface area contributed by atoms with E-state index in [1.54, 1.807) is 4.90 Å². The Morgan fingerprint density at radius 2 is 1.95 bits per heavy atom. The maximum absolute atomic E-state index is 11.8. The second kappa shape index (κ2) is 8.54. The Morgan fingerprint density at radius 1 is 1.32 bits per heavy atom. The van der Waals surface area contributed by atoms with Gasteiger partial charge in [-0.25, -0.2) is 0 Å². The van der Waals surface area contributed by atoms with Crippen LogP contribution in [0.5, 0.6) is 0 Å². The fourth-order valence-electron chi connectivity index (χ4n) is 2.36. The Kier molecular flexibility index (Phi) is 7.39. The summed E-state index contributed by atoms with van der Waals surface area (Å²) < 4.78 is 5.75. The normalized spacial score (nSPS) is 23.6. The molecule has 4 nitrogen and oxygen atoms in total. The van der Waals surface area contributed by atoms with E-state index in [2.05, 4.69) is 12.2 Å². The summed E-state index contributed by atoms with van der Waals surface area (Å²) >= 11 is 0. The van der Waals surface area contributed by atoms with Crippen LogP contribution in [0.4, 0.5) is 0 Å². The molecule has 0 heterocycles. The van der Waals surface area contributed by atoms with Crippen LogP contribution in [0.15, 0.2) is 0 Å². The molecule has 4 heteroatoms. The largest absolute Gasteiger partial charge is 0.368 e. The molecule has 112 valence electrons. The summed E-state index contributed by atoms with van der Waals surface area (Å²) in [5, 5.41) is 3.56. The first-order valence-corrected chi connectivity index (χ1v) is 7.65. The number of rotatable bonds is 7. The number of carbonyl (C=O) groups excluding carboxylic acids is 1. The lowest BCUT2D eigenvalue weighted by Gasteiger charge is -2.30. The SMILES string of the molecule is CCCNC1CCC(OCC(=O)N(C)C(C)C)CC1. The molecule has 1 amide bonds. The maximum Gasteiger partial charge on any atom is 0.248 e. The standard InChI is InChI=1S/C15H30N2O2/c1-5-10-16-13-6-8-14(9-7-13)19-11-15(18)17(4)12(2)3/h12-14,16H,5-11H2,1-4H3. The lowest BCUT2D eigenvalue weighted by Crippen LogP contribution is -2.39.